The number of aryl methyl sites for hydroxylation is 1. The van der Waals surface area contributed by atoms with E-state index in [0.29, 0.717) is 18.7 Å². The molecule has 0 saturated carbocycles. The van der Waals surface area contributed by atoms with Crippen LogP contribution in [0.4, 0.5) is 0 Å². The first-order valence-electron chi connectivity index (χ1n) is 5.77. The van der Waals surface area contributed by atoms with Gasteiger partial charge in [0.1, 0.15) is 0 Å². The Balaban J connectivity index is 2.39. The number of ether oxygens (including phenoxy) is 1. The lowest BCUT2D eigenvalue weighted by Crippen LogP contribution is -2.25. The SMILES string of the molecule is CCOCCCNC(=O)c1ccc(Br)c(C)c1. The molecule has 3 nitrogen and oxygen atoms in total. The van der Waals surface area contributed by atoms with Crippen LogP contribution in [0.3, 0.4) is 0 Å². The van der Waals surface area contributed by atoms with Crippen molar-refractivity contribution >= 4 is 21.8 Å². The normalized spacial score (nSPS) is 10.3. The molecule has 1 N–H and O–H groups in total. The van der Waals surface area contributed by atoms with Gasteiger partial charge in [-0.3, -0.25) is 4.79 Å². The predicted octanol–water partition coefficient (Wildman–Crippen LogP) is 2.91. The summed E-state index contributed by atoms with van der Waals surface area (Å²) in [6.07, 6.45) is 0.842. The zero-order chi connectivity index (χ0) is 12.7. The zero-order valence-electron chi connectivity index (χ0n) is 10.3. The summed E-state index contributed by atoms with van der Waals surface area (Å²) < 4.78 is 6.22. The first-order valence-corrected chi connectivity index (χ1v) is 6.56. The maximum atomic E-state index is 11.8. The number of rotatable bonds is 6. The third-order valence-electron chi connectivity index (χ3n) is 2.38. The van der Waals surface area contributed by atoms with Crippen LogP contribution in [-0.4, -0.2) is 25.7 Å². The second kappa shape index (κ2) is 7.45. The lowest BCUT2D eigenvalue weighted by Gasteiger charge is -2.06. The fourth-order valence-corrected chi connectivity index (χ4v) is 1.66. The van der Waals surface area contributed by atoms with Crippen molar-refractivity contribution in [2.24, 2.45) is 0 Å². The Bertz CT molecular complexity index is 380. The van der Waals surface area contributed by atoms with Crippen LogP contribution >= 0.6 is 15.9 Å². The smallest absolute Gasteiger partial charge is 0.251 e. The average Bonchev–Trinajstić information content (AvgIpc) is 2.32. The van der Waals surface area contributed by atoms with Gasteiger partial charge in [-0.2, -0.15) is 0 Å². The summed E-state index contributed by atoms with van der Waals surface area (Å²) in [4.78, 5) is 11.8. The van der Waals surface area contributed by atoms with Crippen LogP contribution in [0.2, 0.25) is 0 Å². The molecule has 0 bridgehead atoms. The molecular formula is C13H18BrNO2. The van der Waals surface area contributed by atoms with Crippen LogP contribution < -0.4 is 5.32 Å². The van der Waals surface area contributed by atoms with Gasteiger partial charge < -0.3 is 10.1 Å². The molecule has 1 aromatic carbocycles. The van der Waals surface area contributed by atoms with E-state index >= 15 is 0 Å². The van der Waals surface area contributed by atoms with Gasteiger partial charge in [-0.05, 0) is 44.0 Å². The van der Waals surface area contributed by atoms with Crippen LogP contribution in [-0.2, 0) is 4.74 Å². The molecule has 0 heterocycles. The van der Waals surface area contributed by atoms with Crippen molar-refractivity contribution < 1.29 is 9.53 Å². The maximum Gasteiger partial charge on any atom is 0.251 e. The van der Waals surface area contributed by atoms with Crippen LogP contribution in [0.15, 0.2) is 22.7 Å². The van der Waals surface area contributed by atoms with E-state index in [2.05, 4.69) is 21.2 Å². The van der Waals surface area contributed by atoms with E-state index < -0.39 is 0 Å². The number of halogens is 1. The average molecular weight is 300 g/mol. The molecule has 1 aromatic rings. The van der Waals surface area contributed by atoms with Gasteiger partial charge in [0.2, 0.25) is 0 Å². The van der Waals surface area contributed by atoms with Crippen molar-refractivity contribution in [1.82, 2.24) is 5.32 Å². The van der Waals surface area contributed by atoms with E-state index in [0.717, 1.165) is 23.1 Å². The minimum Gasteiger partial charge on any atom is -0.382 e. The molecule has 1 amide bonds. The highest BCUT2D eigenvalue weighted by atomic mass is 79.9. The third kappa shape index (κ3) is 4.88. The molecule has 17 heavy (non-hydrogen) atoms. The van der Waals surface area contributed by atoms with E-state index in [9.17, 15) is 4.79 Å². The number of carbonyl (C=O) groups excluding carboxylic acids is 1. The van der Waals surface area contributed by atoms with Crippen LogP contribution in [0.1, 0.15) is 29.3 Å². The van der Waals surface area contributed by atoms with E-state index in [-0.39, 0.29) is 5.91 Å². The lowest BCUT2D eigenvalue weighted by atomic mass is 10.1. The monoisotopic (exact) mass is 299 g/mol. The van der Waals surface area contributed by atoms with Crippen LogP contribution in [0.25, 0.3) is 0 Å². The Kier molecular flexibility index (Phi) is 6.22. The molecule has 0 spiro atoms. The number of amides is 1. The van der Waals surface area contributed by atoms with E-state index in [1.165, 1.54) is 0 Å². The van der Waals surface area contributed by atoms with Crippen molar-refractivity contribution in [3.8, 4) is 0 Å². The summed E-state index contributed by atoms with van der Waals surface area (Å²) in [7, 11) is 0. The van der Waals surface area contributed by atoms with E-state index in [1.54, 1.807) is 0 Å². The number of hydrogen-bond acceptors (Lipinski definition) is 2. The Morgan fingerprint density at radius 3 is 2.88 bits per heavy atom. The molecule has 0 aliphatic heterocycles. The maximum absolute atomic E-state index is 11.8. The minimum atomic E-state index is -0.0305. The molecule has 0 atom stereocenters. The zero-order valence-corrected chi connectivity index (χ0v) is 11.8. The topological polar surface area (TPSA) is 38.3 Å². The number of benzene rings is 1. The number of carbonyl (C=O) groups is 1. The van der Waals surface area contributed by atoms with Gasteiger partial charge in [-0.25, -0.2) is 0 Å². The predicted molar refractivity (Wildman–Crippen MR) is 72.3 cm³/mol. The van der Waals surface area contributed by atoms with Gasteiger partial charge in [-0.15, -0.1) is 0 Å². The van der Waals surface area contributed by atoms with Gasteiger partial charge in [0.25, 0.3) is 5.91 Å². The highest BCUT2D eigenvalue weighted by molar-refractivity contribution is 9.10. The molecule has 0 aliphatic carbocycles. The highest BCUT2D eigenvalue weighted by Gasteiger charge is 2.05. The summed E-state index contributed by atoms with van der Waals surface area (Å²) >= 11 is 3.41. The molecule has 94 valence electrons. The number of hydrogen-bond donors (Lipinski definition) is 1. The van der Waals surface area contributed by atoms with Gasteiger partial charge in [-0.1, -0.05) is 15.9 Å². The van der Waals surface area contributed by atoms with E-state index in [1.807, 2.05) is 32.0 Å². The summed E-state index contributed by atoms with van der Waals surface area (Å²) in [5, 5.41) is 2.87. The fourth-order valence-electron chi connectivity index (χ4n) is 1.41. The molecule has 0 radical (unpaired) electrons. The Morgan fingerprint density at radius 2 is 2.24 bits per heavy atom. The summed E-state index contributed by atoms with van der Waals surface area (Å²) in [6.45, 7) is 5.99. The second-order valence-corrected chi connectivity index (χ2v) is 4.62. The van der Waals surface area contributed by atoms with Crippen molar-refractivity contribution in [1.29, 1.82) is 0 Å². The molecule has 0 unspecified atom stereocenters. The molecule has 1 rings (SSSR count). The second-order valence-electron chi connectivity index (χ2n) is 3.77. The molecule has 4 heteroatoms. The quantitative estimate of drug-likeness (QED) is 0.820. The van der Waals surface area contributed by atoms with Crippen molar-refractivity contribution in [2.45, 2.75) is 20.3 Å². The Hall–Kier alpha value is -0.870. The third-order valence-corrected chi connectivity index (χ3v) is 3.27. The summed E-state index contributed by atoms with van der Waals surface area (Å²) in [5.41, 5.74) is 1.76. The minimum absolute atomic E-state index is 0.0305. The van der Waals surface area contributed by atoms with Gasteiger partial charge in [0.15, 0.2) is 0 Å². The molecule has 0 fully saturated rings. The van der Waals surface area contributed by atoms with Crippen molar-refractivity contribution in [2.75, 3.05) is 19.8 Å². The van der Waals surface area contributed by atoms with Gasteiger partial charge in [0.05, 0.1) is 0 Å². The summed E-state index contributed by atoms with van der Waals surface area (Å²) in [6, 6.07) is 5.58. The van der Waals surface area contributed by atoms with Crippen LogP contribution in [0.5, 0.6) is 0 Å². The molecule has 0 aliphatic rings. The summed E-state index contributed by atoms with van der Waals surface area (Å²) in [5.74, 6) is -0.0305. The molecule has 0 saturated heterocycles. The first kappa shape index (κ1) is 14.2. The fraction of sp³-hybridized carbons (Fsp3) is 0.462. The standard InChI is InChI=1S/C13H18BrNO2/c1-3-17-8-4-7-15-13(16)11-5-6-12(14)10(2)9-11/h5-6,9H,3-4,7-8H2,1-2H3,(H,15,16). The Labute approximate surface area is 111 Å². The van der Waals surface area contributed by atoms with Crippen molar-refractivity contribution in [3.63, 3.8) is 0 Å². The van der Waals surface area contributed by atoms with Gasteiger partial charge >= 0.3 is 0 Å². The molecular weight excluding hydrogens is 282 g/mol. The molecule has 0 aromatic heterocycles. The highest BCUT2D eigenvalue weighted by Crippen LogP contribution is 2.16. The van der Waals surface area contributed by atoms with Gasteiger partial charge in [0, 0.05) is 29.8 Å². The lowest BCUT2D eigenvalue weighted by molar-refractivity contribution is 0.0944. The van der Waals surface area contributed by atoms with Crippen LogP contribution in [0, 0.1) is 6.92 Å². The first-order chi connectivity index (χ1) is 8.15. The van der Waals surface area contributed by atoms with Crippen molar-refractivity contribution in [3.05, 3.63) is 33.8 Å². The number of nitrogens with one attached hydrogen (secondary N) is 1. The Morgan fingerprint density at radius 1 is 1.47 bits per heavy atom. The van der Waals surface area contributed by atoms with E-state index in [4.69, 9.17) is 4.74 Å². The largest absolute Gasteiger partial charge is 0.382 e.